The first-order chi connectivity index (χ1) is 18.4. The molecule has 39 heavy (non-hydrogen) atoms. The van der Waals surface area contributed by atoms with Crippen molar-refractivity contribution in [3.05, 3.63) is 76.7 Å². The molecule has 0 spiro atoms. The van der Waals surface area contributed by atoms with Crippen LogP contribution in [-0.4, -0.2) is 40.0 Å². The van der Waals surface area contributed by atoms with Gasteiger partial charge in [0, 0.05) is 17.8 Å². The van der Waals surface area contributed by atoms with Crippen LogP contribution in [0.25, 0.3) is 22.4 Å². The summed E-state index contributed by atoms with van der Waals surface area (Å²) in [6, 6.07) is 6.30. The van der Waals surface area contributed by atoms with E-state index < -0.39 is 72.8 Å². The molecule has 6 nitrogen and oxygen atoms in total. The molecule has 0 bridgehead atoms. The highest BCUT2D eigenvalue weighted by molar-refractivity contribution is 7.39. The number of aromatic nitrogens is 1. The van der Waals surface area contributed by atoms with E-state index in [4.69, 9.17) is 9.63 Å². The van der Waals surface area contributed by atoms with E-state index >= 15 is 0 Å². The van der Waals surface area contributed by atoms with Crippen LogP contribution in [0.15, 0.2) is 36.4 Å². The highest BCUT2D eigenvalue weighted by Gasteiger charge is 2.25. The van der Waals surface area contributed by atoms with Gasteiger partial charge in [-0.3, -0.25) is 14.3 Å². The Morgan fingerprint density at radius 1 is 1.05 bits per heavy atom. The molecule has 0 amide bonds. The first-order valence-electron chi connectivity index (χ1n) is 11.6. The third kappa shape index (κ3) is 7.51. The Labute approximate surface area is 221 Å². The van der Waals surface area contributed by atoms with Crippen LogP contribution in [0.4, 0.5) is 22.0 Å². The van der Waals surface area contributed by atoms with Crippen LogP contribution < -0.4 is 0 Å². The van der Waals surface area contributed by atoms with Crippen molar-refractivity contribution in [3.8, 4) is 34.2 Å². The van der Waals surface area contributed by atoms with Gasteiger partial charge in [0.1, 0.15) is 12.4 Å². The van der Waals surface area contributed by atoms with Crippen LogP contribution in [0.5, 0.6) is 0 Å². The summed E-state index contributed by atoms with van der Waals surface area (Å²) in [6.07, 6.45) is -2.34. The molecule has 1 unspecified atom stereocenters. The molecule has 1 aromatic heterocycles. The Kier molecular flexibility index (Phi) is 9.97. The van der Waals surface area contributed by atoms with Gasteiger partial charge in [-0.2, -0.15) is 0 Å². The monoisotopic (exact) mass is 567 g/mol. The van der Waals surface area contributed by atoms with Crippen molar-refractivity contribution in [1.29, 1.82) is 0 Å². The van der Waals surface area contributed by atoms with Gasteiger partial charge in [-0.1, -0.05) is 37.8 Å². The average Bonchev–Trinajstić information content (AvgIpc) is 2.85. The Hall–Kier alpha value is -3.58. The van der Waals surface area contributed by atoms with E-state index in [1.807, 2.05) is 0 Å². The van der Waals surface area contributed by atoms with Crippen LogP contribution in [0.2, 0.25) is 0 Å². The molecule has 3 rings (SSSR count). The van der Waals surface area contributed by atoms with Gasteiger partial charge in [-0.25, -0.2) is 22.0 Å². The van der Waals surface area contributed by atoms with E-state index in [9.17, 15) is 36.4 Å². The number of carboxylic acids is 1. The van der Waals surface area contributed by atoms with Crippen molar-refractivity contribution in [3.63, 3.8) is 0 Å². The minimum absolute atomic E-state index is 0.0879. The number of pyridine rings is 1. The zero-order valence-corrected chi connectivity index (χ0v) is 21.7. The number of benzene rings is 2. The van der Waals surface area contributed by atoms with Crippen molar-refractivity contribution in [2.45, 2.75) is 32.3 Å². The number of rotatable bonds is 9. The number of carbonyl (C=O) groups is 1. The number of halogens is 5. The number of aliphatic hydroxyl groups is 1. The normalized spacial score (nSPS) is 12.6. The van der Waals surface area contributed by atoms with Gasteiger partial charge in [0.05, 0.1) is 35.0 Å². The van der Waals surface area contributed by atoms with Crippen molar-refractivity contribution in [2.75, 3.05) is 12.8 Å². The predicted molar refractivity (Wildman–Crippen MR) is 134 cm³/mol. The van der Waals surface area contributed by atoms with E-state index in [0.29, 0.717) is 5.56 Å². The molecule has 1 heterocycles. The average molecular weight is 567 g/mol. The lowest BCUT2D eigenvalue weighted by atomic mass is 9.92. The van der Waals surface area contributed by atoms with Crippen LogP contribution in [0.1, 0.15) is 37.4 Å². The van der Waals surface area contributed by atoms with Gasteiger partial charge in [0.25, 0.3) is 0 Å². The standard InChI is InChI=1S/C27H23F5NO5P/c1-14(2)27-18(4-3-9-38-39(37)13-17(34)10-23(35)36)19(15-5-7-16(28)8-6-15)11-22(33-27)24-25(31)20(29)12-21(30)26(24)32/h5-8,11-12,14,17,34,39H,9-10,13H2,1-2H3,(H,35,36)/t17-/m0/s1. The molecule has 0 saturated carbocycles. The molecule has 12 heteroatoms. The third-order valence-electron chi connectivity index (χ3n) is 5.45. The second-order valence-corrected chi connectivity index (χ2v) is 10.2. The van der Waals surface area contributed by atoms with E-state index in [-0.39, 0.29) is 35.7 Å². The van der Waals surface area contributed by atoms with Crippen molar-refractivity contribution in [2.24, 2.45) is 0 Å². The summed E-state index contributed by atoms with van der Waals surface area (Å²) < 4.78 is 88.0. The molecule has 206 valence electrons. The van der Waals surface area contributed by atoms with Gasteiger partial charge in [0.2, 0.25) is 0 Å². The summed E-state index contributed by atoms with van der Waals surface area (Å²) in [7, 11) is -2.82. The van der Waals surface area contributed by atoms with Crippen LogP contribution in [0, 0.1) is 40.9 Å². The minimum atomic E-state index is -2.82. The molecule has 2 atom stereocenters. The number of aliphatic hydroxyl groups excluding tert-OH is 1. The number of nitrogens with zero attached hydrogens (tertiary/aromatic N) is 1. The molecular weight excluding hydrogens is 544 g/mol. The second-order valence-electron chi connectivity index (χ2n) is 8.74. The molecule has 2 N–H and O–H groups in total. The molecular formula is C27H23F5NO5P. The van der Waals surface area contributed by atoms with Gasteiger partial charge < -0.3 is 14.7 Å². The van der Waals surface area contributed by atoms with E-state index in [1.165, 1.54) is 18.2 Å². The zero-order valence-electron chi connectivity index (χ0n) is 20.7. The van der Waals surface area contributed by atoms with Gasteiger partial charge in [0.15, 0.2) is 31.3 Å². The molecule has 0 fully saturated rings. The molecule has 0 saturated heterocycles. The Morgan fingerprint density at radius 3 is 2.23 bits per heavy atom. The zero-order chi connectivity index (χ0) is 28.9. The lowest BCUT2D eigenvalue weighted by molar-refractivity contribution is -0.138. The van der Waals surface area contributed by atoms with Crippen LogP contribution in [-0.2, 0) is 13.9 Å². The first-order valence-corrected chi connectivity index (χ1v) is 13.1. The largest absolute Gasteiger partial charge is 0.481 e. The number of aliphatic carboxylic acids is 1. The fourth-order valence-electron chi connectivity index (χ4n) is 3.66. The smallest absolute Gasteiger partial charge is 0.305 e. The molecule has 0 radical (unpaired) electrons. The Bertz CT molecular complexity index is 1440. The quantitative estimate of drug-likeness (QED) is 0.144. The van der Waals surface area contributed by atoms with Gasteiger partial charge >= 0.3 is 5.97 Å². The predicted octanol–water partition coefficient (Wildman–Crippen LogP) is 5.91. The summed E-state index contributed by atoms with van der Waals surface area (Å²) in [5, 5.41) is 18.3. The van der Waals surface area contributed by atoms with Crippen molar-refractivity contribution >= 4 is 14.0 Å². The van der Waals surface area contributed by atoms with E-state index in [0.717, 1.165) is 12.1 Å². The second kappa shape index (κ2) is 13.0. The SMILES string of the molecule is CC(C)c1nc(-c2c(F)c(F)cc(F)c2F)cc(-c2ccc(F)cc2)c1C#CCO[PH](=O)C[C@@H](O)CC(=O)O. The maximum Gasteiger partial charge on any atom is 0.305 e. The topological polar surface area (TPSA) is 96.7 Å². The highest BCUT2D eigenvalue weighted by Crippen LogP contribution is 2.36. The summed E-state index contributed by atoms with van der Waals surface area (Å²) in [4.78, 5) is 14.9. The van der Waals surface area contributed by atoms with Gasteiger partial charge in [-0.05, 0) is 29.7 Å². The lowest BCUT2D eigenvalue weighted by Crippen LogP contribution is -2.15. The van der Waals surface area contributed by atoms with Crippen molar-refractivity contribution < 1.29 is 46.0 Å². The molecule has 0 aliphatic rings. The fraction of sp³-hybridized carbons (Fsp3) is 0.259. The molecule has 0 aliphatic heterocycles. The third-order valence-corrected chi connectivity index (χ3v) is 6.72. The number of hydrogen-bond acceptors (Lipinski definition) is 5. The minimum Gasteiger partial charge on any atom is -0.481 e. The summed E-state index contributed by atoms with van der Waals surface area (Å²) in [6.45, 7) is 3.02. The Balaban J connectivity index is 2.09. The summed E-state index contributed by atoms with van der Waals surface area (Å²) in [5.74, 6) is -3.28. The summed E-state index contributed by atoms with van der Waals surface area (Å²) in [5.41, 5.74) is -0.399. The van der Waals surface area contributed by atoms with Crippen LogP contribution >= 0.6 is 8.03 Å². The van der Waals surface area contributed by atoms with Crippen molar-refractivity contribution in [1.82, 2.24) is 4.98 Å². The highest BCUT2D eigenvalue weighted by atomic mass is 31.1. The molecule has 2 aromatic carbocycles. The number of carboxylic acid groups (broad SMARTS) is 1. The maximum atomic E-state index is 14.6. The first kappa shape index (κ1) is 30.0. The molecule has 0 aliphatic carbocycles. The van der Waals surface area contributed by atoms with E-state index in [1.54, 1.807) is 13.8 Å². The molecule has 3 aromatic rings. The van der Waals surface area contributed by atoms with Gasteiger partial charge in [-0.15, -0.1) is 0 Å². The summed E-state index contributed by atoms with van der Waals surface area (Å²) >= 11 is 0. The lowest BCUT2D eigenvalue weighted by Gasteiger charge is -2.17. The number of hydrogen-bond donors (Lipinski definition) is 2. The van der Waals surface area contributed by atoms with E-state index in [2.05, 4.69) is 16.8 Å². The van der Waals surface area contributed by atoms with Crippen LogP contribution in [0.3, 0.4) is 0 Å². The fourth-order valence-corrected chi connectivity index (χ4v) is 4.54. The Morgan fingerprint density at radius 2 is 1.67 bits per heavy atom. The maximum absolute atomic E-state index is 14.6.